The van der Waals surface area contributed by atoms with Crippen molar-refractivity contribution < 1.29 is 9.66 Å². The number of aliphatic imine (C=N–C) groups is 1. The Morgan fingerprint density at radius 2 is 1.85 bits per heavy atom. The molecule has 6 rings (SSSR count). The summed E-state index contributed by atoms with van der Waals surface area (Å²) in [6.07, 6.45) is 7.49. The molecule has 1 N–H and O–H groups in total. The molecule has 4 aromatic rings. The lowest BCUT2D eigenvalue weighted by Crippen LogP contribution is -2.29. The second-order valence-electron chi connectivity index (χ2n) is 10.3. The van der Waals surface area contributed by atoms with Gasteiger partial charge in [-0.15, -0.1) is 0 Å². The van der Waals surface area contributed by atoms with Crippen LogP contribution in [0.15, 0.2) is 102 Å². The number of ether oxygens (including phenoxy) is 1. The maximum atomic E-state index is 10.9. The van der Waals surface area contributed by atoms with Gasteiger partial charge in [-0.3, -0.25) is 15.1 Å². The highest BCUT2D eigenvalue weighted by molar-refractivity contribution is 6.30. The Morgan fingerprint density at radius 3 is 2.62 bits per heavy atom. The Labute approximate surface area is 238 Å². The summed E-state index contributed by atoms with van der Waals surface area (Å²) in [5, 5.41) is 15.3. The number of non-ortho nitro benzene ring substituents is 1. The summed E-state index contributed by atoms with van der Waals surface area (Å²) in [6.45, 7) is 2.42. The molecule has 6 nitrogen and oxygen atoms in total. The number of nitrogens with one attached hydrogen (secondary N) is 1. The van der Waals surface area contributed by atoms with Crippen LogP contribution in [0.5, 0.6) is 5.75 Å². The number of nitrogens with zero attached hydrogens (tertiary/aromatic N) is 2. The highest BCUT2D eigenvalue weighted by Crippen LogP contribution is 2.50. The standard InChI is InChI=1S/C33H28ClN3O3/c1-21-5-15-31-30(17-21)28-3-2-4-29(28)33(36-31)23-8-11-26(12-9-23)35-19-24-18-25(34)10-16-32(24)40-20-22-6-13-27(14-7-22)37(38)39/h2-3,5-19,28-29,33,36H,4,20H2,1H3/t28-,29-,33+/m1/s1. The molecular formula is C33H28ClN3O3. The quantitative estimate of drug-likeness (QED) is 0.108. The number of aryl methyl sites for hydroxylation is 1. The molecule has 0 amide bonds. The third-order valence-electron chi connectivity index (χ3n) is 7.64. The van der Waals surface area contributed by atoms with Gasteiger partial charge in [0, 0.05) is 40.5 Å². The van der Waals surface area contributed by atoms with Crippen LogP contribution in [0, 0.1) is 23.0 Å². The summed E-state index contributed by atoms with van der Waals surface area (Å²) in [5.41, 5.74) is 7.61. The summed E-state index contributed by atoms with van der Waals surface area (Å²) in [6, 6.07) is 27.0. The smallest absolute Gasteiger partial charge is 0.269 e. The predicted molar refractivity (Wildman–Crippen MR) is 160 cm³/mol. The van der Waals surface area contributed by atoms with E-state index in [-0.39, 0.29) is 18.3 Å². The molecule has 40 heavy (non-hydrogen) atoms. The number of hydrogen-bond donors (Lipinski definition) is 1. The van der Waals surface area contributed by atoms with Gasteiger partial charge in [0.25, 0.3) is 5.69 Å². The topological polar surface area (TPSA) is 76.8 Å². The fraction of sp³-hybridized carbons (Fsp3) is 0.182. The minimum absolute atomic E-state index is 0.0491. The fourth-order valence-corrected chi connectivity index (χ4v) is 5.76. The molecule has 1 aliphatic heterocycles. The van der Waals surface area contributed by atoms with Crippen LogP contribution in [0.2, 0.25) is 5.02 Å². The van der Waals surface area contributed by atoms with E-state index in [9.17, 15) is 10.1 Å². The Hall–Kier alpha value is -4.42. The highest BCUT2D eigenvalue weighted by atomic mass is 35.5. The molecule has 0 spiro atoms. The maximum absolute atomic E-state index is 10.9. The van der Waals surface area contributed by atoms with E-state index in [1.807, 2.05) is 18.2 Å². The molecule has 0 aromatic heterocycles. The molecular weight excluding hydrogens is 522 g/mol. The van der Waals surface area contributed by atoms with Gasteiger partial charge in [-0.1, -0.05) is 53.6 Å². The predicted octanol–water partition coefficient (Wildman–Crippen LogP) is 8.71. The van der Waals surface area contributed by atoms with E-state index in [1.165, 1.54) is 34.5 Å². The zero-order chi connectivity index (χ0) is 27.6. The molecule has 0 unspecified atom stereocenters. The van der Waals surface area contributed by atoms with Crippen molar-refractivity contribution in [3.8, 4) is 5.75 Å². The summed E-state index contributed by atoms with van der Waals surface area (Å²) in [5.74, 6) is 1.56. The largest absolute Gasteiger partial charge is 0.488 e. The Balaban J connectivity index is 1.17. The number of allylic oxidation sites excluding steroid dienone is 2. The van der Waals surface area contributed by atoms with E-state index in [0.29, 0.717) is 22.6 Å². The lowest BCUT2D eigenvalue weighted by Gasteiger charge is -2.37. The van der Waals surface area contributed by atoms with E-state index in [0.717, 1.165) is 23.2 Å². The fourth-order valence-electron chi connectivity index (χ4n) is 5.58. The Bertz CT molecular complexity index is 1610. The molecule has 3 atom stereocenters. The SMILES string of the molecule is Cc1ccc2c(c1)[C@@H]1C=CC[C@H]1[C@H](c1ccc(N=Cc3cc(Cl)ccc3OCc3ccc([N+](=O)[O-])cc3)cc1)N2. The zero-order valence-corrected chi connectivity index (χ0v) is 22.7. The zero-order valence-electron chi connectivity index (χ0n) is 22.0. The monoisotopic (exact) mass is 549 g/mol. The van der Waals surface area contributed by atoms with Gasteiger partial charge in [0.1, 0.15) is 12.4 Å². The number of nitro benzene ring substituents is 1. The van der Waals surface area contributed by atoms with Gasteiger partial charge in [0.05, 0.1) is 16.7 Å². The van der Waals surface area contributed by atoms with Gasteiger partial charge in [-0.05, 0) is 84.5 Å². The van der Waals surface area contributed by atoms with Crippen molar-refractivity contribution in [2.75, 3.05) is 5.32 Å². The van der Waals surface area contributed by atoms with E-state index in [2.05, 4.69) is 54.7 Å². The van der Waals surface area contributed by atoms with E-state index < -0.39 is 4.92 Å². The van der Waals surface area contributed by atoms with Gasteiger partial charge >= 0.3 is 0 Å². The number of nitro groups is 1. The van der Waals surface area contributed by atoms with Crippen LogP contribution in [0.25, 0.3) is 0 Å². The van der Waals surface area contributed by atoms with Crippen molar-refractivity contribution in [3.05, 3.63) is 140 Å². The first-order valence-electron chi connectivity index (χ1n) is 13.3. The second kappa shape index (κ2) is 11.0. The third kappa shape index (κ3) is 5.36. The van der Waals surface area contributed by atoms with Crippen LogP contribution in [0.4, 0.5) is 17.1 Å². The lowest BCUT2D eigenvalue weighted by atomic mass is 9.76. The molecule has 0 bridgehead atoms. The summed E-state index contributed by atoms with van der Waals surface area (Å²) in [4.78, 5) is 15.2. The van der Waals surface area contributed by atoms with Crippen molar-refractivity contribution in [1.82, 2.24) is 0 Å². The van der Waals surface area contributed by atoms with Crippen LogP contribution in [-0.2, 0) is 6.61 Å². The number of anilines is 1. The number of hydrogen-bond acceptors (Lipinski definition) is 5. The molecule has 0 radical (unpaired) electrons. The lowest BCUT2D eigenvalue weighted by molar-refractivity contribution is -0.384. The maximum Gasteiger partial charge on any atom is 0.269 e. The van der Waals surface area contributed by atoms with Crippen LogP contribution in [0.3, 0.4) is 0 Å². The van der Waals surface area contributed by atoms with Crippen molar-refractivity contribution in [2.24, 2.45) is 10.9 Å². The molecule has 1 aliphatic carbocycles. The highest BCUT2D eigenvalue weighted by Gasteiger charge is 2.37. The molecule has 0 saturated heterocycles. The second-order valence-corrected chi connectivity index (χ2v) is 10.7. The van der Waals surface area contributed by atoms with Gasteiger partial charge in [-0.25, -0.2) is 0 Å². The first-order chi connectivity index (χ1) is 19.4. The van der Waals surface area contributed by atoms with E-state index in [1.54, 1.807) is 30.5 Å². The molecule has 1 heterocycles. The number of fused-ring (bicyclic) bond motifs is 3. The van der Waals surface area contributed by atoms with Gasteiger partial charge in [0.15, 0.2) is 0 Å². The van der Waals surface area contributed by atoms with Crippen LogP contribution in [-0.4, -0.2) is 11.1 Å². The summed E-state index contributed by atoms with van der Waals surface area (Å²) >= 11 is 6.27. The van der Waals surface area contributed by atoms with Crippen LogP contribution < -0.4 is 10.1 Å². The van der Waals surface area contributed by atoms with E-state index in [4.69, 9.17) is 21.3 Å². The molecule has 0 fully saturated rings. The average molecular weight is 550 g/mol. The number of halogens is 1. The van der Waals surface area contributed by atoms with Gasteiger partial charge < -0.3 is 10.1 Å². The summed E-state index contributed by atoms with van der Waals surface area (Å²) in [7, 11) is 0. The average Bonchev–Trinajstić information content (AvgIpc) is 3.46. The Kier molecular flexibility index (Phi) is 7.10. The van der Waals surface area contributed by atoms with Crippen molar-refractivity contribution in [1.29, 1.82) is 0 Å². The molecule has 4 aromatic carbocycles. The normalized spacial score (nSPS) is 19.2. The summed E-state index contributed by atoms with van der Waals surface area (Å²) < 4.78 is 6.01. The van der Waals surface area contributed by atoms with Gasteiger partial charge in [-0.2, -0.15) is 0 Å². The Morgan fingerprint density at radius 1 is 1.05 bits per heavy atom. The molecule has 2 aliphatic rings. The van der Waals surface area contributed by atoms with Crippen LogP contribution in [0.1, 0.15) is 46.2 Å². The molecule has 200 valence electrons. The number of rotatable bonds is 7. The van der Waals surface area contributed by atoms with Crippen molar-refractivity contribution in [3.63, 3.8) is 0 Å². The molecule has 7 heteroatoms. The third-order valence-corrected chi connectivity index (χ3v) is 7.87. The first kappa shape index (κ1) is 25.8. The van der Waals surface area contributed by atoms with E-state index >= 15 is 0 Å². The number of benzene rings is 4. The van der Waals surface area contributed by atoms with Crippen LogP contribution >= 0.6 is 11.6 Å². The molecule has 0 saturated carbocycles. The minimum atomic E-state index is -0.418. The van der Waals surface area contributed by atoms with Crippen molar-refractivity contribution >= 4 is 34.9 Å². The van der Waals surface area contributed by atoms with Crippen molar-refractivity contribution in [2.45, 2.75) is 31.9 Å². The first-order valence-corrected chi connectivity index (χ1v) is 13.7. The minimum Gasteiger partial charge on any atom is -0.488 e. The van der Waals surface area contributed by atoms with Gasteiger partial charge in [0.2, 0.25) is 0 Å².